The molecular weight excluding hydrogens is 420 g/mol. The monoisotopic (exact) mass is 432 g/mol. The van der Waals surface area contributed by atoms with Gasteiger partial charge in [-0.1, -0.05) is 21.6 Å². The van der Waals surface area contributed by atoms with E-state index in [1.54, 1.807) is 0 Å². The van der Waals surface area contributed by atoms with Crippen LogP contribution in [0.2, 0.25) is 0 Å². The number of carbonyl (C=O) groups excluding carboxylic acids is 2. The van der Waals surface area contributed by atoms with Gasteiger partial charge in [-0.2, -0.15) is 0 Å². The molecular formula is C14H12N2O10S2. The molecule has 0 aliphatic carbocycles. The molecule has 0 aliphatic rings. The molecule has 6 N–H and O–H groups in total. The van der Waals surface area contributed by atoms with Crippen molar-refractivity contribution >= 4 is 45.1 Å². The Balaban J connectivity index is 2.42. The first-order chi connectivity index (χ1) is 13.1. The van der Waals surface area contributed by atoms with Crippen LogP contribution < -0.4 is 0 Å². The Morgan fingerprint density at radius 2 is 0.893 bits per heavy atom. The molecule has 2 rings (SSSR count). The van der Waals surface area contributed by atoms with Gasteiger partial charge < -0.3 is 30.6 Å². The number of aliphatic carboxylic acids is 2. The van der Waals surface area contributed by atoms with Crippen LogP contribution in [0.1, 0.15) is 10.7 Å². The summed E-state index contributed by atoms with van der Waals surface area (Å²) in [7, 11) is 0.631. The van der Waals surface area contributed by atoms with Crippen LogP contribution in [0.3, 0.4) is 0 Å². The van der Waals surface area contributed by atoms with Crippen molar-refractivity contribution in [1.29, 1.82) is 0 Å². The van der Waals surface area contributed by atoms with Crippen LogP contribution in [-0.2, 0) is 19.2 Å². The fourth-order valence-corrected chi connectivity index (χ4v) is 4.92. The van der Waals surface area contributed by atoms with Crippen LogP contribution in [0.25, 0.3) is 0 Å². The molecule has 150 valence electrons. The minimum Gasteiger partial charge on any atom is -0.494 e. The Labute approximate surface area is 163 Å². The minimum absolute atomic E-state index is 0.316. The van der Waals surface area contributed by atoms with Gasteiger partial charge in [-0.15, -0.1) is 0 Å². The normalized spacial score (nSPS) is 13.0. The van der Waals surface area contributed by atoms with E-state index in [0.717, 1.165) is 24.3 Å². The van der Waals surface area contributed by atoms with Crippen LogP contribution in [0.15, 0.2) is 24.3 Å². The van der Waals surface area contributed by atoms with Crippen molar-refractivity contribution in [2.45, 2.75) is 10.7 Å². The number of Topliss-reactive ketones (excluding diaryl/α,β-unsaturated/α-hetero) is 2. The molecule has 2 aromatic rings. The lowest BCUT2D eigenvalue weighted by atomic mass is 10.4. The van der Waals surface area contributed by atoms with Crippen LogP contribution in [0.5, 0.6) is 23.5 Å². The number of rotatable bonds is 9. The average Bonchev–Trinajstić information content (AvgIpc) is 3.13. The molecule has 0 aromatic carbocycles. The number of aromatic nitrogens is 2. The van der Waals surface area contributed by atoms with Gasteiger partial charge in [0.05, 0.1) is 0 Å². The quantitative estimate of drug-likeness (QED) is 0.237. The van der Waals surface area contributed by atoms with Crippen molar-refractivity contribution in [2.75, 3.05) is 0 Å². The van der Waals surface area contributed by atoms with E-state index in [0.29, 0.717) is 30.7 Å². The lowest BCUT2D eigenvalue weighted by Crippen LogP contribution is -2.25. The summed E-state index contributed by atoms with van der Waals surface area (Å²) in [6.45, 7) is 0. The highest BCUT2D eigenvalue weighted by Gasteiger charge is 2.36. The van der Waals surface area contributed by atoms with E-state index < -0.39 is 57.8 Å². The topological polar surface area (TPSA) is 200 Å². The third-order valence-corrected chi connectivity index (χ3v) is 6.08. The molecule has 28 heavy (non-hydrogen) atoms. The molecule has 0 saturated carbocycles. The number of hydrogen-bond donors (Lipinski definition) is 6. The van der Waals surface area contributed by atoms with Gasteiger partial charge in [-0.05, 0) is 0 Å². The Kier molecular flexibility index (Phi) is 6.15. The third-order valence-electron chi connectivity index (χ3n) is 3.33. The first-order valence-corrected chi connectivity index (χ1v) is 9.38. The summed E-state index contributed by atoms with van der Waals surface area (Å²) >= 11 is 0. The summed E-state index contributed by atoms with van der Waals surface area (Å²) in [6, 6.07) is 3.91. The molecule has 2 unspecified atom stereocenters. The molecule has 14 heteroatoms. The fourth-order valence-electron chi connectivity index (χ4n) is 2.06. The number of carboxylic acids is 2. The Bertz CT molecular complexity index is 835. The molecule has 0 bridgehead atoms. The minimum atomic E-state index is -1.92. The number of hydrogen-bond acceptors (Lipinski definition) is 10. The second-order valence-corrected chi connectivity index (χ2v) is 7.51. The standard InChI is InChI=1S/C14H12N2O10S2/c17-5-1-2-6(18)15(5)11(9(21)13(23)24)27-28-12(10(22)14(25)26)16-7(19)3-4-8(16)20/h1-4,11-12,17-20H,(H,23,24)(H,25,26). The van der Waals surface area contributed by atoms with E-state index in [1.165, 1.54) is 0 Å². The zero-order valence-electron chi connectivity index (χ0n) is 13.5. The molecule has 12 nitrogen and oxygen atoms in total. The van der Waals surface area contributed by atoms with E-state index in [2.05, 4.69) is 0 Å². The van der Waals surface area contributed by atoms with E-state index >= 15 is 0 Å². The van der Waals surface area contributed by atoms with Gasteiger partial charge in [0.25, 0.3) is 11.6 Å². The van der Waals surface area contributed by atoms with Crippen molar-refractivity contribution < 1.29 is 49.8 Å². The van der Waals surface area contributed by atoms with Crippen LogP contribution in [-0.4, -0.2) is 63.3 Å². The van der Waals surface area contributed by atoms with Gasteiger partial charge in [-0.3, -0.25) is 18.7 Å². The predicted octanol–water partition coefficient (Wildman–Crippen LogP) is 0.498. The maximum Gasteiger partial charge on any atom is 0.375 e. The largest absolute Gasteiger partial charge is 0.494 e. The molecule has 0 aliphatic heterocycles. The molecule has 2 atom stereocenters. The lowest BCUT2D eigenvalue weighted by molar-refractivity contribution is -0.149. The van der Waals surface area contributed by atoms with Gasteiger partial charge in [0.15, 0.2) is 34.3 Å². The van der Waals surface area contributed by atoms with Crippen LogP contribution in [0.4, 0.5) is 0 Å². The maximum atomic E-state index is 12.0. The van der Waals surface area contributed by atoms with Crippen LogP contribution >= 0.6 is 21.6 Å². The maximum absolute atomic E-state index is 12.0. The highest BCUT2D eigenvalue weighted by Crippen LogP contribution is 2.47. The van der Waals surface area contributed by atoms with Gasteiger partial charge in [0.1, 0.15) is 0 Å². The highest BCUT2D eigenvalue weighted by atomic mass is 33.1. The Hall–Kier alpha value is -3.26. The number of carboxylic acid groups (broad SMARTS) is 2. The van der Waals surface area contributed by atoms with Gasteiger partial charge in [0, 0.05) is 24.3 Å². The summed E-state index contributed by atoms with van der Waals surface area (Å²) < 4.78 is 1.09. The first-order valence-electron chi connectivity index (χ1n) is 7.11. The molecule has 2 aromatic heterocycles. The highest BCUT2D eigenvalue weighted by molar-refractivity contribution is 8.77. The van der Waals surface area contributed by atoms with Crippen molar-refractivity contribution in [1.82, 2.24) is 9.13 Å². The lowest BCUT2D eigenvalue weighted by Gasteiger charge is -2.21. The molecule has 0 amide bonds. The molecule has 0 fully saturated rings. The van der Waals surface area contributed by atoms with E-state index in [1.807, 2.05) is 0 Å². The summed E-state index contributed by atoms with van der Waals surface area (Å²) in [5.41, 5.74) is 0. The van der Waals surface area contributed by atoms with Crippen molar-refractivity contribution in [3.8, 4) is 23.5 Å². The molecule has 0 spiro atoms. The predicted molar refractivity (Wildman–Crippen MR) is 94.1 cm³/mol. The van der Waals surface area contributed by atoms with E-state index in [4.69, 9.17) is 10.2 Å². The SMILES string of the molecule is O=C(O)C(=O)C(SSC(C(=O)C(=O)O)n1c(O)ccc1O)n1c(O)ccc1O. The zero-order valence-corrected chi connectivity index (χ0v) is 15.1. The number of aromatic hydroxyl groups is 4. The van der Waals surface area contributed by atoms with Crippen molar-refractivity contribution in [2.24, 2.45) is 0 Å². The summed E-state index contributed by atoms with van der Waals surface area (Å²) in [5.74, 6) is -9.51. The van der Waals surface area contributed by atoms with Crippen molar-refractivity contribution in [3.63, 3.8) is 0 Å². The van der Waals surface area contributed by atoms with E-state index in [-0.39, 0.29) is 0 Å². The Morgan fingerprint density at radius 1 is 0.643 bits per heavy atom. The summed E-state index contributed by atoms with van der Waals surface area (Å²) in [5, 5.41) is 53.4. The number of carbonyl (C=O) groups is 4. The number of ketones is 2. The third kappa shape index (κ3) is 4.01. The second kappa shape index (κ2) is 8.18. The van der Waals surface area contributed by atoms with Gasteiger partial charge >= 0.3 is 11.9 Å². The van der Waals surface area contributed by atoms with Gasteiger partial charge in [-0.25, -0.2) is 9.59 Å². The smallest absolute Gasteiger partial charge is 0.375 e. The zero-order chi connectivity index (χ0) is 21.2. The summed E-state index contributed by atoms with van der Waals surface area (Å²) in [6.07, 6.45) is 0. The Morgan fingerprint density at radius 3 is 1.11 bits per heavy atom. The summed E-state index contributed by atoms with van der Waals surface area (Å²) in [4.78, 5) is 46.2. The molecule has 2 heterocycles. The molecule has 0 saturated heterocycles. The first kappa shape index (κ1) is 21.0. The average molecular weight is 432 g/mol. The van der Waals surface area contributed by atoms with E-state index in [9.17, 15) is 39.6 Å². The second-order valence-electron chi connectivity index (χ2n) is 5.08. The van der Waals surface area contributed by atoms with Crippen LogP contribution in [0, 0.1) is 0 Å². The fraction of sp³-hybridized carbons (Fsp3) is 0.143. The number of nitrogens with zero attached hydrogens (tertiary/aromatic N) is 2. The molecule has 0 radical (unpaired) electrons. The van der Waals surface area contributed by atoms with Crippen molar-refractivity contribution in [3.05, 3.63) is 24.3 Å². The van der Waals surface area contributed by atoms with Gasteiger partial charge in [0.2, 0.25) is 0 Å².